The van der Waals surface area contributed by atoms with Gasteiger partial charge < -0.3 is 20.5 Å². The second kappa shape index (κ2) is 10.5. The normalized spacial score (nSPS) is 19.0. The first kappa shape index (κ1) is 24.8. The zero-order valence-corrected chi connectivity index (χ0v) is 20.4. The number of hydrogen-bond acceptors (Lipinski definition) is 4. The zero-order chi connectivity index (χ0) is 25.0. The number of carbonyl (C=O) groups excluding carboxylic acids is 2. The van der Waals surface area contributed by atoms with Gasteiger partial charge in [0.1, 0.15) is 6.61 Å². The van der Waals surface area contributed by atoms with Gasteiger partial charge in [-0.1, -0.05) is 55.0 Å². The highest BCUT2D eigenvalue weighted by Gasteiger charge is 2.33. The lowest BCUT2D eigenvalue weighted by molar-refractivity contribution is -0.137. The SMILES string of the molecule is CC(C)(CCC(=O)O)NC(=O)C[C@@H]1CCC[C@H]1NC(=O)OCC1c2ccccc2-c2ccccc21. The average Bonchev–Trinajstić information content (AvgIpc) is 3.38. The lowest BCUT2D eigenvalue weighted by Crippen LogP contribution is -2.46. The summed E-state index contributed by atoms with van der Waals surface area (Å²) in [5, 5.41) is 14.8. The third kappa shape index (κ3) is 6.02. The lowest BCUT2D eigenvalue weighted by atomic mass is 9.95. The van der Waals surface area contributed by atoms with E-state index in [1.807, 2.05) is 38.1 Å². The molecule has 186 valence electrons. The fraction of sp³-hybridized carbons (Fsp3) is 0.464. The number of ether oxygens (including phenoxy) is 1. The van der Waals surface area contributed by atoms with E-state index < -0.39 is 17.6 Å². The molecule has 1 fully saturated rings. The Morgan fingerprint density at radius 2 is 1.63 bits per heavy atom. The van der Waals surface area contributed by atoms with Gasteiger partial charge in [0.15, 0.2) is 0 Å². The van der Waals surface area contributed by atoms with Gasteiger partial charge in [-0.3, -0.25) is 9.59 Å². The van der Waals surface area contributed by atoms with E-state index in [-0.39, 0.29) is 36.8 Å². The smallest absolute Gasteiger partial charge is 0.407 e. The number of aliphatic carboxylic acids is 1. The van der Waals surface area contributed by atoms with Crippen molar-refractivity contribution in [1.29, 1.82) is 0 Å². The number of fused-ring (bicyclic) bond motifs is 3. The Balaban J connectivity index is 1.30. The Morgan fingerprint density at radius 1 is 1.00 bits per heavy atom. The highest BCUT2D eigenvalue weighted by molar-refractivity contribution is 5.79. The minimum atomic E-state index is -0.879. The number of amides is 2. The molecule has 0 bridgehead atoms. The third-order valence-electron chi connectivity index (χ3n) is 7.20. The largest absolute Gasteiger partial charge is 0.481 e. The van der Waals surface area contributed by atoms with Crippen LogP contribution < -0.4 is 10.6 Å². The van der Waals surface area contributed by atoms with Crippen molar-refractivity contribution in [3.63, 3.8) is 0 Å². The van der Waals surface area contributed by atoms with Crippen LogP contribution in [-0.4, -0.2) is 41.3 Å². The van der Waals surface area contributed by atoms with Crippen LogP contribution in [-0.2, 0) is 14.3 Å². The van der Waals surface area contributed by atoms with Gasteiger partial charge in [-0.2, -0.15) is 0 Å². The lowest BCUT2D eigenvalue weighted by Gasteiger charge is -2.27. The first-order chi connectivity index (χ1) is 16.7. The molecule has 0 heterocycles. The molecule has 2 amide bonds. The van der Waals surface area contributed by atoms with Crippen LogP contribution in [0, 0.1) is 5.92 Å². The maximum Gasteiger partial charge on any atom is 0.407 e. The highest BCUT2D eigenvalue weighted by atomic mass is 16.5. The van der Waals surface area contributed by atoms with Gasteiger partial charge in [0.2, 0.25) is 5.91 Å². The Labute approximate surface area is 206 Å². The summed E-state index contributed by atoms with van der Waals surface area (Å²) in [6.45, 7) is 3.92. The standard InChI is InChI=1S/C28H34N2O5/c1-28(2,15-14-26(32)33)30-25(31)16-18-8-7-13-24(18)29-27(34)35-17-23-21-11-5-3-9-19(21)20-10-4-6-12-22(20)23/h3-6,9-12,18,23-24H,7-8,13-17H2,1-2H3,(H,29,34)(H,30,31)(H,32,33)/t18-,24+/m0/s1. The van der Waals surface area contributed by atoms with Crippen LogP contribution in [0.5, 0.6) is 0 Å². The molecule has 2 aliphatic carbocycles. The summed E-state index contributed by atoms with van der Waals surface area (Å²) >= 11 is 0. The number of carboxylic acids is 1. The molecule has 2 aromatic carbocycles. The molecule has 4 rings (SSSR count). The van der Waals surface area contributed by atoms with Gasteiger partial charge in [-0.25, -0.2) is 4.79 Å². The number of nitrogens with one attached hydrogen (secondary N) is 2. The third-order valence-corrected chi connectivity index (χ3v) is 7.20. The van der Waals surface area contributed by atoms with Crippen LogP contribution >= 0.6 is 0 Å². The van der Waals surface area contributed by atoms with E-state index in [1.54, 1.807) is 0 Å². The van der Waals surface area contributed by atoms with E-state index >= 15 is 0 Å². The van der Waals surface area contributed by atoms with E-state index in [4.69, 9.17) is 9.84 Å². The molecule has 2 aromatic rings. The predicted molar refractivity (Wildman–Crippen MR) is 133 cm³/mol. The van der Waals surface area contributed by atoms with Gasteiger partial charge in [-0.15, -0.1) is 0 Å². The van der Waals surface area contributed by atoms with Crippen molar-refractivity contribution >= 4 is 18.0 Å². The highest BCUT2D eigenvalue weighted by Crippen LogP contribution is 2.44. The van der Waals surface area contributed by atoms with E-state index in [0.717, 1.165) is 19.3 Å². The van der Waals surface area contributed by atoms with Crippen molar-refractivity contribution in [2.75, 3.05) is 6.61 Å². The second-order valence-corrected chi connectivity index (χ2v) is 10.3. The maximum atomic E-state index is 12.7. The molecular formula is C28H34N2O5. The minimum Gasteiger partial charge on any atom is -0.481 e. The zero-order valence-electron chi connectivity index (χ0n) is 20.4. The molecule has 3 N–H and O–H groups in total. The number of carbonyl (C=O) groups is 3. The van der Waals surface area contributed by atoms with Crippen LogP contribution in [0.3, 0.4) is 0 Å². The molecule has 1 saturated carbocycles. The summed E-state index contributed by atoms with van der Waals surface area (Å²) in [5.74, 6) is -0.959. The first-order valence-electron chi connectivity index (χ1n) is 12.4. The Morgan fingerprint density at radius 3 is 2.26 bits per heavy atom. The molecule has 0 radical (unpaired) electrons. The van der Waals surface area contributed by atoms with Crippen LogP contribution in [0.15, 0.2) is 48.5 Å². The van der Waals surface area contributed by atoms with Crippen molar-refractivity contribution in [3.05, 3.63) is 59.7 Å². The summed E-state index contributed by atoms with van der Waals surface area (Å²) in [6.07, 6.45) is 2.82. The topological polar surface area (TPSA) is 105 Å². The van der Waals surface area contributed by atoms with E-state index in [0.29, 0.717) is 12.8 Å². The Bertz CT molecular complexity index is 1050. The van der Waals surface area contributed by atoms with Crippen LogP contribution in [0.1, 0.15) is 69.4 Å². The molecule has 2 atom stereocenters. The van der Waals surface area contributed by atoms with Crippen LogP contribution in [0.4, 0.5) is 4.79 Å². The molecule has 0 spiro atoms. The number of rotatable bonds is 9. The van der Waals surface area contributed by atoms with Crippen molar-refractivity contribution in [3.8, 4) is 11.1 Å². The molecule has 0 unspecified atom stereocenters. The number of hydrogen-bond donors (Lipinski definition) is 3. The number of benzene rings is 2. The summed E-state index contributed by atoms with van der Waals surface area (Å²) in [5.41, 5.74) is 4.12. The summed E-state index contributed by atoms with van der Waals surface area (Å²) in [4.78, 5) is 36.2. The monoisotopic (exact) mass is 478 g/mol. The van der Waals surface area contributed by atoms with Gasteiger partial charge in [-0.05, 0) is 61.3 Å². The van der Waals surface area contributed by atoms with Crippen molar-refractivity contribution in [2.45, 2.75) is 69.9 Å². The summed E-state index contributed by atoms with van der Waals surface area (Å²) < 4.78 is 5.68. The van der Waals surface area contributed by atoms with E-state index in [2.05, 4.69) is 34.9 Å². The van der Waals surface area contributed by atoms with Crippen molar-refractivity contribution in [2.24, 2.45) is 5.92 Å². The fourth-order valence-corrected chi connectivity index (χ4v) is 5.41. The Kier molecular flexibility index (Phi) is 7.43. The van der Waals surface area contributed by atoms with Crippen molar-refractivity contribution < 1.29 is 24.2 Å². The molecule has 0 aromatic heterocycles. The van der Waals surface area contributed by atoms with Gasteiger partial charge in [0.25, 0.3) is 0 Å². The molecule has 2 aliphatic rings. The molecule has 35 heavy (non-hydrogen) atoms. The van der Waals surface area contributed by atoms with Crippen molar-refractivity contribution in [1.82, 2.24) is 10.6 Å². The summed E-state index contributed by atoms with van der Waals surface area (Å²) in [6, 6.07) is 16.3. The van der Waals surface area contributed by atoms with Gasteiger partial charge >= 0.3 is 12.1 Å². The maximum absolute atomic E-state index is 12.7. The van der Waals surface area contributed by atoms with E-state index in [1.165, 1.54) is 22.3 Å². The molecule has 0 aliphatic heterocycles. The quantitative estimate of drug-likeness (QED) is 0.478. The first-order valence-corrected chi connectivity index (χ1v) is 12.4. The Hall–Kier alpha value is -3.35. The summed E-state index contributed by atoms with van der Waals surface area (Å²) in [7, 11) is 0. The predicted octanol–water partition coefficient (Wildman–Crippen LogP) is 4.84. The molecule has 7 nitrogen and oxygen atoms in total. The second-order valence-electron chi connectivity index (χ2n) is 10.3. The van der Waals surface area contributed by atoms with Gasteiger partial charge in [0, 0.05) is 30.3 Å². The number of alkyl carbamates (subject to hydrolysis) is 1. The molecular weight excluding hydrogens is 444 g/mol. The van der Waals surface area contributed by atoms with E-state index in [9.17, 15) is 14.4 Å². The molecule has 0 saturated heterocycles. The fourth-order valence-electron chi connectivity index (χ4n) is 5.41. The van der Waals surface area contributed by atoms with Crippen LogP contribution in [0.2, 0.25) is 0 Å². The van der Waals surface area contributed by atoms with Crippen LogP contribution in [0.25, 0.3) is 11.1 Å². The average molecular weight is 479 g/mol. The van der Waals surface area contributed by atoms with Gasteiger partial charge in [0.05, 0.1) is 0 Å². The minimum absolute atomic E-state index is 0.00265. The number of carboxylic acid groups (broad SMARTS) is 1. The molecule has 7 heteroatoms.